The van der Waals surface area contributed by atoms with Gasteiger partial charge in [-0.1, -0.05) is 42.5 Å². The molecule has 2 aromatic carbocycles. The maximum Gasteiger partial charge on any atom is 0.282 e. The van der Waals surface area contributed by atoms with Crippen molar-refractivity contribution in [3.05, 3.63) is 65.7 Å². The van der Waals surface area contributed by atoms with Crippen LogP contribution in [-0.4, -0.2) is 38.0 Å². The summed E-state index contributed by atoms with van der Waals surface area (Å²) < 4.78 is 0. The molecule has 27 heavy (non-hydrogen) atoms. The Morgan fingerprint density at radius 2 is 1.74 bits per heavy atom. The van der Waals surface area contributed by atoms with E-state index >= 15 is 0 Å². The van der Waals surface area contributed by atoms with Gasteiger partial charge in [-0.05, 0) is 44.0 Å². The van der Waals surface area contributed by atoms with Gasteiger partial charge >= 0.3 is 0 Å². The molecule has 1 unspecified atom stereocenters. The number of quaternary nitrogens is 1. The predicted octanol–water partition coefficient (Wildman–Crippen LogP) is 1.57. The Morgan fingerprint density at radius 3 is 2.37 bits per heavy atom. The minimum Gasteiger partial charge on any atom is -0.349 e. The summed E-state index contributed by atoms with van der Waals surface area (Å²) in [5, 5.41) is 2.87. The van der Waals surface area contributed by atoms with Gasteiger partial charge in [0, 0.05) is 11.7 Å². The molecular formula is C22H30N3O2+. The third-order valence-corrected chi connectivity index (χ3v) is 4.16. The molecule has 0 saturated heterocycles. The first-order chi connectivity index (χ1) is 12.8. The zero-order valence-electron chi connectivity index (χ0n) is 16.7. The van der Waals surface area contributed by atoms with Crippen molar-refractivity contribution in [3.63, 3.8) is 0 Å². The fourth-order valence-electron chi connectivity index (χ4n) is 2.95. The molecule has 0 heterocycles. The fraction of sp³-hybridized carbons (Fsp3) is 0.364. The Balaban J connectivity index is 2.12. The molecule has 0 bridgehead atoms. The number of benzene rings is 2. The molecule has 0 aliphatic rings. The van der Waals surface area contributed by atoms with E-state index in [0.29, 0.717) is 6.54 Å². The number of anilines is 1. The Bertz CT molecular complexity index is 759. The van der Waals surface area contributed by atoms with Gasteiger partial charge in [0.1, 0.15) is 0 Å². The zero-order valence-corrected chi connectivity index (χ0v) is 16.7. The highest BCUT2D eigenvalue weighted by Crippen LogP contribution is 2.18. The van der Waals surface area contributed by atoms with E-state index in [1.165, 1.54) is 0 Å². The zero-order chi connectivity index (χ0) is 19.8. The molecule has 2 amide bonds. The van der Waals surface area contributed by atoms with Crippen LogP contribution in [0.15, 0.2) is 54.6 Å². The second-order valence-corrected chi connectivity index (χ2v) is 7.34. The molecule has 0 aromatic heterocycles. The molecule has 144 valence electrons. The van der Waals surface area contributed by atoms with E-state index in [9.17, 15) is 9.59 Å². The molecule has 0 aliphatic carbocycles. The third-order valence-electron chi connectivity index (χ3n) is 4.16. The van der Waals surface area contributed by atoms with Gasteiger partial charge in [-0.15, -0.1) is 0 Å². The number of hydrogen-bond donors (Lipinski definition) is 2. The smallest absolute Gasteiger partial charge is 0.282 e. The van der Waals surface area contributed by atoms with Crippen LogP contribution in [0.5, 0.6) is 0 Å². The van der Waals surface area contributed by atoms with Gasteiger partial charge in [0.05, 0.1) is 13.6 Å². The molecule has 0 fully saturated rings. The number of amides is 2. The highest BCUT2D eigenvalue weighted by molar-refractivity contribution is 5.94. The lowest BCUT2D eigenvalue weighted by molar-refractivity contribution is -0.862. The van der Waals surface area contributed by atoms with E-state index in [-0.39, 0.29) is 30.9 Å². The first kappa shape index (κ1) is 20.6. The van der Waals surface area contributed by atoms with Crippen LogP contribution >= 0.6 is 0 Å². The first-order valence-electron chi connectivity index (χ1n) is 9.36. The lowest BCUT2D eigenvalue weighted by Crippen LogP contribution is -3.11. The van der Waals surface area contributed by atoms with Gasteiger partial charge in [-0.3, -0.25) is 9.59 Å². The number of carbonyl (C=O) groups excluding carboxylic acids is 2. The fourth-order valence-corrected chi connectivity index (χ4v) is 2.95. The van der Waals surface area contributed by atoms with E-state index in [4.69, 9.17) is 0 Å². The second-order valence-electron chi connectivity index (χ2n) is 7.34. The van der Waals surface area contributed by atoms with Gasteiger partial charge in [-0.2, -0.15) is 0 Å². The molecule has 0 saturated carbocycles. The molecule has 2 N–H and O–H groups in total. The molecule has 2 aromatic rings. The normalized spacial score (nSPS) is 11.9. The highest BCUT2D eigenvalue weighted by Gasteiger charge is 2.21. The van der Waals surface area contributed by atoms with Crippen molar-refractivity contribution in [2.24, 2.45) is 0 Å². The number of carbonyl (C=O) groups is 2. The SMILES string of the molecule is Cc1cccc(N(Cc2ccccc2)C(=O)C[NH+](C)CC(=O)NC(C)C)c1. The minimum atomic E-state index is -0.0412. The standard InChI is InChI=1S/C22H29N3O2/c1-17(2)23-21(26)15-24(4)16-22(27)25(14-19-10-6-5-7-11-19)20-12-8-9-18(3)13-20/h5-13,17H,14-16H2,1-4H3,(H,23,26)/p+1. The van der Waals surface area contributed by atoms with Crippen LogP contribution in [0.4, 0.5) is 5.69 Å². The number of hydrogen-bond acceptors (Lipinski definition) is 2. The van der Waals surface area contributed by atoms with Crippen LogP contribution in [0.1, 0.15) is 25.0 Å². The van der Waals surface area contributed by atoms with Crippen molar-refractivity contribution in [3.8, 4) is 0 Å². The number of nitrogens with one attached hydrogen (secondary N) is 2. The third kappa shape index (κ3) is 6.87. The van der Waals surface area contributed by atoms with Gasteiger partial charge in [0.2, 0.25) is 0 Å². The van der Waals surface area contributed by atoms with Crippen molar-refractivity contribution in [1.29, 1.82) is 0 Å². The van der Waals surface area contributed by atoms with Crippen molar-refractivity contribution in [1.82, 2.24) is 5.32 Å². The lowest BCUT2D eigenvalue weighted by atomic mass is 10.1. The Kier molecular flexibility index (Phi) is 7.55. The molecule has 2 rings (SSSR count). The molecule has 5 heteroatoms. The van der Waals surface area contributed by atoms with Gasteiger partial charge in [0.25, 0.3) is 11.8 Å². The molecule has 0 radical (unpaired) electrons. The summed E-state index contributed by atoms with van der Waals surface area (Å²) >= 11 is 0. The number of likely N-dealkylation sites (N-methyl/N-ethyl adjacent to an activating group) is 1. The average Bonchev–Trinajstić information content (AvgIpc) is 2.59. The summed E-state index contributed by atoms with van der Waals surface area (Å²) in [6.07, 6.45) is 0. The van der Waals surface area contributed by atoms with E-state index in [0.717, 1.165) is 21.7 Å². The number of nitrogens with zero attached hydrogens (tertiary/aromatic N) is 1. The van der Waals surface area contributed by atoms with Gasteiger partial charge in [-0.25, -0.2) is 0 Å². The van der Waals surface area contributed by atoms with Crippen LogP contribution in [0.25, 0.3) is 0 Å². The number of aryl methyl sites for hydroxylation is 1. The summed E-state index contributed by atoms with van der Waals surface area (Å²) in [5.74, 6) is -0.0419. The quantitative estimate of drug-likeness (QED) is 0.743. The lowest BCUT2D eigenvalue weighted by Gasteiger charge is -2.25. The molecular weight excluding hydrogens is 338 g/mol. The van der Waals surface area contributed by atoms with Crippen LogP contribution in [0.3, 0.4) is 0 Å². The van der Waals surface area contributed by atoms with Crippen LogP contribution < -0.4 is 15.1 Å². The van der Waals surface area contributed by atoms with E-state index < -0.39 is 0 Å². The average molecular weight is 369 g/mol. The monoisotopic (exact) mass is 368 g/mol. The second kappa shape index (κ2) is 9.88. The maximum atomic E-state index is 13.0. The van der Waals surface area contributed by atoms with Gasteiger partial charge in [0.15, 0.2) is 13.1 Å². The Morgan fingerprint density at radius 1 is 1.04 bits per heavy atom. The van der Waals surface area contributed by atoms with Crippen molar-refractivity contribution in [2.75, 3.05) is 25.0 Å². The maximum absolute atomic E-state index is 13.0. The van der Waals surface area contributed by atoms with Crippen LogP contribution in [0.2, 0.25) is 0 Å². The topological polar surface area (TPSA) is 53.9 Å². The van der Waals surface area contributed by atoms with Crippen molar-refractivity contribution < 1.29 is 14.5 Å². The van der Waals surface area contributed by atoms with Crippen molar-refractivity contribution in [2.45, 2.75) is 33.4 Å². The highest BCUT2D eigenvalue weighted by atomic mass is 16.2. The predicted molar refractivity (Wildman–Crippen MR) is 109 cm³/mol. The summed E-state index contributed by atoms with van der Waals surface area (Å²) in [6, 6.07) is 18.0. The summed E-state index contributed by atoms with van der Waals surface area (Å²) in [4.78, 5) is 27.7. The Hall–Kier alpha value is -2.66. The molecule has 0 spiro atoms. The van der Waals surface area contributed by atoms with E-state index in [1.54, 1.807) is 4.90 Å². The summed E-state index contributed by atoms with van der Waals surface area (Å²) in [7, 11) is 1.87. The minimum absolute atomic E-state index is 0.000648. The largest absolute Gasteiger partial charge is 0.349 e. The first-order valence-corrected chi connectivity index (χ1v) is 9.36. The number of rotatable bonds is 8. The summed E-state index contributed by atoms with van der Waals surface area (Å²) in [6.45, 7) is 6.91. The van der Waals surface area contributed by atoms with E-state index in [2.05, 4.69) is 5.32 Å². The molecule has 1 atom stereocenters. The summed E-state index contributed by atoms with van der Waals surface area (Å²) in [5.41, 5.74) is 3.06. The van der Waals surface area contributed by atoms with Crippen LogP contribution in [-0.2, 0) is 16.1 Å². The van der Waals surface area contributed by atoms with Crippen molar-refractivity contribution >= 4 is 17.5 Å². The van der Waals surface area contributed by atoms with E-state index in [1.807, 2.05) is 82.4 Å². The molecule has 0 aliphatic heterocycles. The van der Waals surface area contributed by atoms with Crippen LogP contribution in [0, 0.1) is 6.92 Å². The molecule has 5 nitrogen and oxygen atoms in total. The Labute approximate surface area is 162 Å². The van der Waals surface area contributed by atoms with Gasteiger partial charge < -0.3 is 15.1 Å².